The first-order chi connectivity index (χ1) is 11.7. The van der Waals surface area contributed by atoms with Gasteiger partial charge in [-0.15, -0.1) is 0 Å². The minimum atomic E-state index is -0.168. The minimum Gasteiger partial charge on any atom is -0.438 e. The zero-order chi connectivity index (χ0) is 16.9. The smallest absolute Gasteiger partial charge is 0.257 e. The third-order valence-corrected chi connectivity index (χ3v) is 4.80. The highest BCUT2D eigenvalue weighted by molar-refractivity contribution is 9.10. The van der Waals surface area contributed by atoms with E-state index in [1.165, 1.54) is 0 Å². The zero-order valence-corrected chi connectivity index (χ0v) is 14.8. The molecule has 3 N–H and O–H groups in total. The first-order valence-electron chi connectivity index (χ1n) is 8.06. The largest absolute Gasteiger partial charge is 0.438 e. The van der Waals surface area contributed by atoms with Crippen LogP contribution in [0.4, 0.5) is 0 Å². The molecule has 1 aromatic carbocycles. The van der Waals surface area contributed by atoms with Crippen LogP contribution in [0.2, 0.25) is 0 Å². The van der Waals surface area contributed by atoms with Gasteiger partial charge in [0.15, 0.2) is 0 Å². The van der Waals surface area contributed by atoms with Crippen LogP contribution >= 0.6 is 15.9 Å². The lowest BCUT2D eigenvalue weighted by Gasteiger charge is -2.20. The molecule has 0 spiro atoms. The number of hydrogen-bond acceptors (Lipinski definition) is 4. The normalized spacial score (nSPS) is 19.9. The van der Waals surface area contributed by atoms with Crippen molar-refractivity contribution in [2.75, 3.05) is 6.54 Å². The standard InChI is InChI=1S/C18H20BrN3O2/c19-13-5-2-6-14(10-13)24-18-15(7-3-9-21-18)17(23)22-16-8-1-4-12(16)11-20/h2-3,5-7,9-10,12,16H,1,4,8,11,20H2,(H,22,23). The number of benzene rings is 1. The van der Waals surface area contributed by atoms with Gasteiger partial charge in [0.1, 0.15) is 11.3 Å². The molecule has 1 fully saturated rings. The Morgan fingerprint density at radius 3 is 3.00 bits per heavy atom. The minimum absolute atomic E-state index is 0.126. The molecule has 1 saturated carbocycles. The van der Waals surface area contributed by atoms with Crippen LogP contribution in [-0.2, 0) is 0 Å². The molecule has 5 nitrogen and oxygen atoms in total. The maximum atomic E-state index is 12.7. The van der Waals surface area contributed by atoms with Gasteiger partial charge in [0, 0.05) is 16.7 Å². The maximum Gasteiger partial charge on any atom is 0.257 e. The number of nitrogens with one attached hydrogen (secondary N) is 1. The van der Waals surface area contributed by atoms with E-state index >= 15 is 0 Å². The summed E-state index contributed by atoms with van der Waals surface area (Å²) in [4.78, 5) is 16.9. The average Bonchev–Trinajstić information content (AvgIpc) is 3.02. The van der Waals surface area contributed by atoms with Crippen LogP contribution in [0.15, 0.2) is 47.1 Å². The second kappa shape index (κ2) is 7.77. The van der Waals surface area contributed by atoms with Crippen molar-refractivity contribution >= 4 is 21.8 Å². The van der Waals surface area contributed by atoms with E-state index in [0.717, 1.165) is 23.7 Å². The molecule has 24 heavy (non-hydrogen) atoms. The Bertz CT molecular complexity index is 723. The van der Waals surface area contributed by atoms with Crippen LogP contribution in [0.1, 0.15) is 29.6 Å². The summed E-state index contributed by atoms with van der Waals surface area (Å²) in [5, 5.41) is 3.09. The lowest BCUT2D eigenvalue weighted by Crippen LogP contribution is -2.40. The van der Waals surface area contributed by atoms with E-state index in [2.05, 4.69) is 26.2 Å². The lowest BCUT2D eigenvalue weighted by molar-refractivity contribution is 0.0926. The van der Waals surface area contributed by atoms with Gasteiger partial charge in [0.05, 0.1) is 0 Å². The van der Waals surface area contributed by atoms with Gasteiger partial charge >= 0.3 is 0 Å². The Kier molecular flexibility index (Phi) is 5.48. The van der Waals surface area contributed by atoms with E-state index in [1.54, 1.807) is 18.3 Å². The molecule has 126 valence electrons. The fourth-order valence-corrected chi connectivity index (χ4v) is 3.42. The van der Waals surface area contributed by atoms with Crippen LogP contribution in [0.3, 0.4) is 0 Å². The second-order valence-corrected chi connectivity index (χ2v) is 6.84. The molecular formula is C18H20BrN3O2. The van der Waals surface area contributed by atoms with E-state index < -0.39 is 0 Å². The van der Waals surface area contributed by atoms with Crippen molar-refractivity contribution in [1.82, 2.24) is 10.3 Å². The van der Waals surface area contributed by atoms with Crippen molar-refractivity contribution in [3.05, 3.63) is 52.6 Å². The third kappa shape index (κ3) is 3.94. The summed E-state index contributed by atoms with van der Waals surface area (Å²) in [6.07, 6.45) is 4.75. The summed E-state index contributed by atoms with van der Waals surface area (Å²) in [5.41, 5.74) is 6.22. The zero-order valence-electron chi connectivity index (χ0n) is 13.2. The number of pyridine rings is 1. The summed E-state index contributed by atoms with van der Waals surface area (Å²) in [6, 6.07) is 11.0. The van der Waals surface area contributed by atoms with Crippen LogP contribution in [0.5, 0.6) is 11.6 Å². The molecule has 0 aliphatic heterocycles. The Balaban J connectivity index is 1.77. The predicted octanol–water partition coefficient (Wildman–Crippen LogP) is 3.49. The van der Waals surface area contributed by atoms with Crippen LogP contribution in [-0.4, -0.2) is 23.5 Å². The van der Waals surface area contributed by atoms with Crippen molar-refractivity contribution in [3.63, 3.8) is 0 Å². The topological polar surface area (TPSA) is 77.2 Å². The number of ether oxygens (including phenoxy) is 1. The van der Waals surface area contributed by atoms with Crippen molar-refractivity contribution in [1.29, 1.82) is 0 Å². The molecule has 2 atom stereocenters. The molecule has 1 aromatic heterocycles. The fraction of sp³-hybridized carbons (Fsp3) is 0.333. The monoisotopic (exact) mass is 389 g/mol. The summed E-state index contributed by atoms with van der Waals surface area (Å²) in [6.45, 7) is 0.597. The molecule has 3 rings (SSSR count). The molecule has 2 unspecified atom stereocenters. The Morgan fingerprint density at radius 2 is 2.21 bits per heavy atom. The average molecular weight is 390 g/mol. The highest BCUT2D eigenvalue weighted by Gasteiger charge is 2.28. The first-order valence-corrected chi connectivity index (χ1v) is 8.86. The van der Waals surface area contributed by atoms with E-state index in [4.69, 9.17) is 10.5 Å². The number of halogens is 1. The molecular weight excluding hydrogens is 370 g/mol. The van der Waals surface area contributed by atoms with Crippen molar-refractivity contribution in [3.8, 4) is 11.6 Å². The molecule has 1 aliphatic carbocycles. The molecule has 1 aliphatic rings. The molecule has 1 amide bonds. The molecule has 2 aromatic rings. The summed E-state index contributed by atoms with van der Waals surface area (Å²) >= 11 is 3.40. The quantitative estimate of drug-likeness (QED) is 0.820. The van der Waals surface area contributed by atoms with Crippen molar-refractivity contribution < 1.29 is 9.53 Å². The van der Waals surface area contributed by atoms with Crippen molar-refractivity contribution in [2.45, 2.75) is 25.3 Å². The molecule has 0 bridgehead atoms. The highest BCUT2D eigenvalue weighted by Crippen LogP contribution is 2.27. The Morgan fingerprint density at radius 1 is 1.33 bits per heavy atom. The number of nitrogens with two attached hydrogens (primary N) is 1. The van der Waals surface area contributed by atoms with E-state index in [9.17, 15) is 4.79 Å². The maximum absolute atomic E-state index is 12.7. The molecule has 6 heteroatoms. The van der Waals surface area contributed by atoms with E-state index in [0.29, 0.717) is 29.7 Å². The highest BCUT2D eigenvalue weighted by atomic mass is 79.9. The number of carbonyl (C=O) groups is 1. The predicted molar refractivity (Wildman–Crippen MR) is 96.1 cm³/mol. The van der Waals surface area contributed by atoms with Gasteiger partial charge in [-0.2, -0.15) is 0 Å². The second-order valence-electron chi connectivity index (χ2n) is 5.92. The number of rotatable bonds is 5. The third-order valence-electron chi connectivity index (χ3n) is 4.30. The summed E-state index contributed by atoms with van der Waals surface area (Å²) in [5.74, 6) is 1.10. The SMILES string of the molecule is NCC1CCCC1NC(=O)c1cccnc1Oc1cccc(Br)c1. The van der Waals surface area contributed by atoms with E-state index in [-0.39, 0.29) is 11.9 Å². The van der Waals surface area contributed by atoms with Crippen molar-refractivity contribution in [2.24, 2.45) is 11.7 Å². The molecule has 0 radical (unpaired) electrons. The van der Waals surface area contributed by atoms with Gasteiger partial charge in [-0.1, -0.05) is 28.4 Å². The number of nitrogens with zero attached hydrogens (tertiary/aromatic N) is 1. The van der Waals surface area contributed by atoms with Gasteiger partial charge in [-0.05, 0) is 55.6 Å². The summed E-state index contributed by atoms with van der Waals surface area (Å²) in [7, 11) is 0. The Hall–Kier alpha value is -1.92. The van der Waals surface area contributed by atoms with Gasteiger partial charge in [0.2, 0.25) is 5.88 Å². The molecule has 1 heterocycles. The van der Waals surface area contributed by atoms with Gasteiger partial charge in [-0.3, -0.25) is 4.79 Å². The van der Waals surface area contributed by atoms with Gasteiger partial charge < -0.3 is 15.8 Å². The number of amides is 1. The number of aromatic nitrogens is 1. The number of hydrogen-bond donors (Lipinski definition) is 2. The first kappa shape index (κ1) is 16.9. The summed E-state index contributed by atoms with van der Waals surface area (Å²) < 4.78 is 6.70. The van der Waals surface area contributed by atoms with Crippen LogP contribution in [0.25, 0.3) is 0 Å². The fourth-order valence-electron chi connectivity index (χ4n) is 3.04. The Labute approximate surface area is 149 Å². The van der Waals surface area contributed by atoms with E-state index in [1.807, 2.05) is 24.3 Å². The molecule has 0 saturated heterocycles. The van der Waals surface area contributed by atoms with Crippen LogP contribution < -0.4 is 15.8 Å². The lowest BCUT2D eigenvalue weighted by atomic mass is 10.0. The van der Waals surface area contributed by atoms with Crippen LogP contribution in [0, 0.1) is 5.92 Å². The number of carbonyl (C=O) groups excluding carboxylic acids is 1. The van der Waals surface area contributed by atoms with Gasteiger partial charge in [-0.25, -0.2) is 4.98 Å². The van der Waals surface area contributed by atoms with Gasteiger partial charge in [0.25, 0.3) is 5.91 Å².